The average Bonchev–Trinajstić information content (AvgIpc) is 3.31. The number of carbonyl (C=O) groups is 1. The minimum Gasteiger partial charge on any atom is -0.354 e. The highest BCUT2D eigenvalue weighted by molar-refractivity contribution is 5.84. The molecule has 1 amide bonds. The lowest BCUT2D eigenvalue weighted by Gasteiger charge is -2.22. The average molecular weight is 452 g/mol. The Kier molecular flexibility index (Phi) is 6.26. The van der Waals surface area contributed by atoms with Gasteiger partial charge in [0.2, 0.25) is 5.91 Å². The van der Waals surface area contributed by atoms with E-state index in [2.05, 4.69) is 15.4 Å². The molecule has 0 aliphatic heterocycles. The van der Waals surface area contributed by atoms with Gasteiger partial charge < -0.3 is 9.88 Å². The van der Waals surface area contributed by atoms with Crippen LogP contribution in [0.15, 0.2) is 48.8 Å². The fourth-order valence-electron chi connectivity index (χ4n) is 4.12. The fourth-order valence-corrected chi connectivity index (χ4v) is 4.12. The highest BCUT2D eigenvalue weighted by Crippen LogP contribution is 2.25. The standard InChI is InChI=1S/C25H27F2N5O/c1-15(2)24(31-14-29-22-12-20(26)21(27)13-23(22)31)25(33)28-10-9-18-5-7-19(8-6-18)32-17(4)11-16(3)30-32/h5-8,11-15,24H,9-10H2,1-4H3,(H,28,33). The number of imidazole rings is 1. The van der Waals surface area contributed by atoms with Gasteiger partial charge in [-0.05, 0) is 49.9 Å². The molecule has 0 aliphatic carbocycles. The topological polar surface area (TPSA) is 64.7 Å². The van der Waals surface area contributed by atoms with E-state index in [4.69, 9.17) is 0 Å². The van der Waals surface area contributed by atoms with E-state index in [0.29, 0.717) is 24.0 Å². The molecule has 0 radical (unpaired) electrons. The van der Waals surface area contributed by atoms with Gasteiger partial charge in [-0.3, -0.25) is 4.79 Å². The van der Waals surface area contributed by atoms with Gasteiger partial charge in [0.25, 0.3) is 0 Å². The first-order valence-corrected chi connectivity index (χ1v) is 11.0. The Morgan fingerprint density at radius 1 is 1.06 bits per heavy atom. The predicted molar refractivity (Wildman–Crippen MR) is 123 cm³/mol. The highest BCUT2D eigenvalue weighted by atomic mass is 19.2. The van der Waals surface area contributed by atoms with Crippen molar-refractivity contribution in [3.63, 3.8) is 0 Å². The van der Waals surface area contributed by atoms with Crippen LogP contribution in [0.5, 0.6) is 0 Å². The molecule has 1 unspecified atom stereocenters. The van der Waals surface area contributed by atoms with Crippen LogP contribution < -0.4 is 5.32 Å². The number of rotatable bonds is 7. The van der Waals surface area contributed by atoms with E-state index in [1.54, 1.807) is 4.57 Å². The summed E-state index contributed by atoms with van der Waals surface area (Å²) in [7, 11) is 0. The summed E-state index contributed by atoms with van der Waals surface area (Å²) < 4.78 is 30.9. The molecule has 0 aliphatic rings. The first-order valence-electron chi connectivity index (χ1n) is 11.0. The zero-order chi connectivity index (χ0) is 23.7. The van der Waals surface area contributed by atoms with E-state index in [-0.39, 0.29) is 11.8 Å². The van der Waals surface area contributed by atoms with Crippen LogP contribution in [-0.2, 0) is 11.2 Å². The molecule has 172 valence electrons. The van der Waals surface area contributed by atoms with Crippen LogP contribution >= 0.6 is 0 Å². The molecule has 1 atom stereocenters. The molecular weight excluding hydrogens is 424 g/mol. The Morgan fingerprint density at radius 2 is 1.76 bits per heavy atom. The number of hydrogen-bond acceptors (Lipinski definition) is 3. The van der Waals surface area contributed by atoms with Crippen molar-refractivity contribution < 1.29 is 13.6 Å². The maximum atomic E-state index is 13.8. The Hall–Kier alpha value is -3.55. The summed E-state index contributed by atoms with van der Waals surface area (Å²) in [6.45, 7) is 8.26. The lowest BCUT2D eigenvalue weighted by atomic mass is 10.0. The Bertz CT molecular complexity index is 1290. The van der Waals surface area contributed by atoms with Crippen LogP contribution in [-0.4, -0.2) is 31.8 Å². The second-order valence-corrected chi connectivity index (χ2v) is 8.64. The predicted octanol–water partition coefficient (Wildman–Crippen LogP) is 4.67. The number of halogens is 2. The maximum absolute atomic E-state index is 13.8. The number of nitrogens with zero attached hydrogens (tertiary/aromatic N) is 4. The molecule has 2 aromatic carbocycles. The van der Waals surface area contributed by atoms with Crippen molar-refractivity contribution in [2.24, 2.45) is 5.92 Å². The number of aryl methyl sites for hydroxylation is 2. The number of nitrogens with one attached hydrogen (secondary N) is 1. The van der Waals surface area contributed by atoms with E-state index in [1.807, 2.05) is 62.7 Å². The summed E-state index contributed by atoms with van der Waals surface area (Å²) in [5.41, 5.74) is 4.83. The normalized spacial score (nSPS) is 12.5. The molecule has 0 saturated carbocycles. The molecule has 0 spiro atoms. The first kappa shape index (κ1) is 22.6. The first-order chi connectivity index (χ1) is 15.7. The number of benzene rings is 2. The van der Waals surface area contributed by atoms with Crippen LogP contribution in [0.2, 0.25) is 0 Å². The number of aromatic nitrogens is 4. The van der Waals surface area contributed by atoms with Gasteiger partial charge in [0, 0.05) is 24.4 Å². The lowest BCUT2D eigenvalue weighted by Crippen LogP contribution is -2.36. The third-order valence-corrected chi connectivity index (χ3v) is 5.72. The van der Waals surface area contributed by atoms with Crippen LogP contribution in [0.4, 0.5) is 8.78 Å². The van der Waals surface area contributed by atoms with Crippen molar-refractivity contribution in [2.45, 2.75) is 40.2 Å². The van der Waals surface area contributed by atoms with Crippen molar-refractivity contribution in [1.29, 1.82) is 0 Å². The molecule has 0 saturated heterocycles. The quantitative estimate of drug-likeness (QED) is 0.444. The monoisotopic (exact) mass is 451 g/mol. The maximum Gasteiger partial charge on any atom is 0.243 e. The summed E-state index contributed by atoms with van der Waals surface area (Å²) in [5, 5.41) is 7.47. The van der Waals surface area contributed by atoms with E-state index < -0.39 is 17.7 Å². The minimum absolute atomic E-state index is 0.0736. The summed E-state index contributed by atoms with van der Waals surface area (Å²) >= 11 is 0. The molecule has 4 aromatic rings. The van der Waals surface area contributed by atoms with E-state index in [0.717, 1.165) is 34.8 Å². The SMILES string of the molecule is Cc1cc(C)n(-c2ccc(CCNC(=O)C(C(C)C)n3cnc4cc(F)c(F)cc43)cc2)n1. The van der Waals surface area contributed by atoms with Crippen LogP contribution in [0, 0.1) is 31.4 Å². The summed E-state index contributed by atoms with van der Waals surface area (Å²) in [5.74, 6) is -2.18. The minimum atomic E-state index is -0.962. The Balaban J connectivity index is 1.43. The molecule has 0 bridgehead atoms. The molecule has 2 heterocycles. The number of amides is 1. The molecule has 33 heavy (non-hydrogen) atoms. The van der Waals surface area contributed by atoms with Crippen molar-refractivity contribution in [3.05, 3.63) is 77.4 Å². The van der Waals surface area contributed by atoms with Crippen molar-refractivity contribution >= 4 is 16.9 Å². The van der Waals surface area contributed by atoms with E-state index in [9.17, 15) is 13.6 Å². The summed E-state index contributed by atoms with van der Waals surface area (Å²) in [6, 6.07) is 11.7. The largest absolute Gasteiger partial charge is 0.354 e. The summed E-state index contributed by atoms with van der Waals surface area (Å²) in [4.78, 5) is 17.2. The third kappa shape index (κ3) is 4.65. The zero-order valence-electron chi connectivity index (χ0n) is 19.1. The molecule has 1 N–H and O–H groups in total. The molecule has 4 rings (SSSR count). The highest BCUT2D eigenvalue weighted by Gasteiger charge is 2.26. The van der Waals surface area contributed by atoms with Crippen LogP contribution in [0.25, 0.3) is 16.7 Å². The van der Waals surface area contributed by atoms with E-state index >= 15 is 0 Å². The third-order valence-electron chi connectivity index (χ3n) is 5.72. The molecule has 2 aromatic heterocycles. The second kappa shape index (κ2) is 9.13. The van der Waals surface area contributed by atoms with Crippen molar-refractivity contribution in [3.8, 4) is 5.69 Å². The van der Waals surface area contributed by atoms with E-state index in [1.165, 1.54) is 6.33 Å². The zero-order valence-corrected chi connectivity index (χ0v) is 19.1. The van der Waals surface area contributed by atoms with Crippen LogP contribution in [0.1, 0.15) is 36.8 Å². The number of carbonyl (C=O) groups excluding carboxylic acids is 1. The molecule has 0 fully saturated rings. The Morgan fingerprint density at radius 3 is 2.39 bits per heavy atom. The van der Waals surface area contributed by atoms with Gasteiger partial charge in [0.15, 0.2) is 11.6 Å². The number of hydrogen-bond donors (Lipinski definition) is 1. The van der Waals surface area contributed by atoms with Gasteiger partial charge in [-0.1, -0.05) is 26.0 Å². The lowest BCUT2D eigenvalue weighted by molar-refractivity contribution is -0.125. The Labute approximate surface area is 191 Å². The van der Waals surface area contributed by atoms with Crippen molar-refractivity contribution in [2.75, 3.05) is 6.54 Å². The van der Waals surface area contributed by atoms with Gasteiger partial charge in [0.1, 0.15) is 6.04 Å². The smallest absolute Gasteiger partial charge is 0.243 e. The van der Waals surface area contributed by atoms with Gasteiger partial charge in [-0.2, -0.15) is 5.10 Å². The summed E-state index contributed by atoms with van der Waals surface area (Å²) in [6.07, 6.45) is 2.13. The van der Waals surface area contributed by atoms with Gasteiger partial charge >= 0.3 is 0 Å². The number of fused-ring (bicyclic) bond motifs is 1. The molecule has 8 heteroatoms. The van der Waals surface area contributed by atoms with Gasteiger partial charge in [-0.25, -0.2) is 18.4 Å². The second-order valence-electron chi connectivity index (χ2n) is 8.64. The van der Waals surface area contributed by atoms with Crippen molar-refractivity contribution in [1.82, 2.24) is 24.6 Å². The molecular formula is C25H27F2N5O. The van der Waals surface area contributed by atoms with Gasteiger partial charge in [-0.15, -0.1) is 0 Å². The molecule has 6 nitrogen and oxygen atoms in total. The van der Waals surface area contributed by atoms with Gasteiger partial charge in [0.05, 0.1) is 28.7 Å². The fraction of sp³-hybridized carbons (Fsp3) is 0.320. The van der Waals surface area contributed by atoms with Crippen LogP contribution in [0.3, 0.4) is 0 Å².